The Bertz CT molecular complexity index is 1160. The molecule has 0 radical (unpaired) electrons. The van der Waals surface area contributed by atoms with Crippen LogP contribution in [0.5, 0.6) is 5.75 Å². The molecular weight excluding hydrogens is 445 g/mol. The zero-order chi connectivity index (χ0) is 22.1. The van der Waals surface area contributed by atoms with E-state index in [1.807, 2.05) is 0 Å². The van der Waals surface area contributed by atoms with Crippen LogP contribution in [0.15, 0.2) is 28.9 Å². The molecule has 1 N–H and O–H groups in total. The Kier molecular flexibility index (Phi) is 5.93. The number of nitrogens with zero attached hydrogens (tertiary/aromatic N) is 2. The maximum Gasteiger partial charge on any atom is 0.410 e. The average Bonchev–Trinajstić information content (AvgIpc) is 3.14. The average molecular weight is 464 g/mol. The van der Waals surface area contributed by atoms with E-state index in [-0.39, 0.29) is 22.3 Å². The van der Waals surface area contributed by atoms with Gasteiger partial charge in [0.15, 0.2) is 11.3 Å². The molecule has 3 heterocycles. The molecule has 31 heavy (non-hydrogen) atoms. The molecule has 0 bridgehead atoms. The summed E-state index contributed by atoms with van der Waals surface area (Å²) >= 11 is 12.3. The summed E-state index contributed by atoms with van der Waals surface area (Å²) in [5.74, 6) is 0.676. The minimum absolute atomic E-state index is 0.227. The summed E-state index contributed by atoms with van der Waals surface area (Å²) < 4.78 is 16.6. The van der Waals surface area contributed by atoms with Gasteiger partial charge in [0.05, 0.1) is 41.6 Å². The Balaban J connectivity index is 1.76. The van der Waals surface area contributed by atoms with Gasteiger partial charge in [0.2, 0.25) is 0 Å². The molecule has 0 atom stereocenters. The van der Waals surface area contributed by atoms with Crippen LogP contribution in [0.3, 0.4) is 0 Å². The number of amides is 2. The Hall–Kier alpha value is -2.97. The van der Waals surface area contributed by atoms with Crippen LogP contribution in [0.2, 0.25) is 10.0 Å². The Morgan fingerprint density at radius 1 is 1.26 bits per heavy atom. The highest BCUT2D eigenvalue weighted by Crippen LogP contribution is 2.39. The molecule has 2 aromatic heterocycles. The van der Waals surface area contributed by atoms with E-state index in [1.54, 1.807) is 24.0 Å². The Morgan fingerprint density at radius 2 is 2.00 bits per heavy atom. The fourth-order valence-electron chi connectivity index (χ4n) is 3.61. The van der Waals surface area contributed by atoms with Crippen molar-refractivity contribution in [3.8, 4) is 5.75 Å². The minimum atomic E-state index is -0.404. The molecule has 1 aromatic carbocycles. The van der Waals surface area contributed by atoms with Crippen molar-refractivity contribution in [1.82, 2.24) is 9.88 Å². The first-order valence-electron chi connectivity index (χ1n) is 9.57. The van der Waals surface area contributed by atoms with Crippen molar-refractivity contribution in [2.45, 2.75) is 19.9 Å². The number of anilines is 1. The van der Waals surface area contributed by atoms with Gasteiger partial charge < -0.3 is 24.1 Å². The van der Waals surface area contributed by atoms with Crippen LogP contribution in [0.25, 0.3) is 11.0 Å². The fraction of sp³-hybridized carbons (Fsp3) is 0.286. The molecule has 10 heteroatoms. The molecule has 4 rings (SSSR count). The predicted octanol–water partition coefficient (Wildman–Crippen LogP) is 4.91. The van der Waals surface area contributed by atoms with E-state index in [1.165, 1.54) is 19.5 Å². The zero-order valence-corrected chi connectivity index (χ0v) is 18.3. The molecule has 8 nitrogen and oxygen atoms in total. The van der Waals surface area contributed by atoms with Crippen LogP contribution in [-0.4, -0.2) is 42.1 Å². The molecule has 1 aliphatic heterocycles. The molecule has 1 aliphatic rings. The molecule has 0 unspecified atom stereocenters. The normalized spacial score (nSPS) is 13.1. The van der Waals surface area contributed by atoms with Crippen molar-refractivity contribution in [2.75, 3.05) is 25.6 Å². The highest BCUT2D eigenvalue weighted by Gasteiger charge is 2.30. The lowest BCUT2D eigenvalue weighted by molar-refractivity contribution is 0.0990. The molecule has 0 fully saturated rings. The number of rotatable bonds is 4. The van der Waals surface area contributed by atoms with Crippen molar-refractivity contribution >= 4 is 51.9 Å². The van der Waals surface area contributed by atoms with Crippen LogP contribution in [0, 0.1) is 0 Å². The number of carbonyl (C=O) groups is 2. The maximum absolute atomic E-state index is 13.2. The largest absolute Gasteiger partial charge is 0.493 e. The number of carbonyl (C=O) groups excluding carboxylic acids is 2. The highest BCUT2D eigenvalue weighted by atomic mass is 35.5. The quantitative estimate of drug-likeness (QED) is 0.590. The van der Waals surface area contributed by atoms with Gasteiger partial charge in [0.25, 0.3) is 5.91 Å². The first-order chi connectivity index (χ1) is 14.9. The number of hydrogen-bond acceptors (Lipinski definition) is 6. The van der Waals surface area contributed by atoms with Gasteiger partial charge in [0, 0.05) is 29.9 Å². The Morgan fingerprint density at radius 3 is 2.68 bits per heavy atom. The van der Waals surface area contributed by atoms with Crippen LogP contribution in [0.4, 0.5) is 10.5 Å². The van der Waals surface area contributed by atoms with Gasteiger partial charge in [-0.2, -0.15) is 0 Å². The topological polar surface area (TPSA) is 93.9 Å². The van der Waals surface area contributed by atoms with Crippen LogP contribution >= 0.6 is 23.2 Å². The van der Waals surface area contributed by atoms with E-state index < -0.39 is 12.0 Å². The highest BCUT2D eigenvalue weighted by molar-refractivity contribution is 6.39. The maximum atomic E-state index is 13.2. The third-order valence-corrected chi connectivity index (χ3v) is 5.61. The predicted molar refractivity (Wildman–Crippen MR) is 116 cm³/mol. The van der Waals surface area contributed by atoms with E-state index in [0.29, 0.717) is 47.6 Å². The monoisotopic (exact) mass is 463 g/mol. The lowest BCUT2D eigenvalue weighted by Crippen LogP contribution is -2.36. The van der Waals surface area contributed by atoms with Gasteiger partial charge in [0.1, 0.15) is 5.76 Å². The summed E-state index contributed by atoms with van der Waals surface area (Å²) in [4.78, 5) is 30.7. The number of halogens is 2. The number of fused-ring (bicyclic) bond motifs is 3. The van der Waals surface area contributed by atoms with Crippen LogP contribution in [-0.2, 0) is 17.7 Å². The molecule has 0 saturated heterocycles. The number of nitrogens with one attached hydrogen (secondary N) is 1. The van der Waals surface area contributed by atoms with E-state index in [4.69, 9.17) is 37.1 Å². The van der Waals surface area contributed by atoms with Gasteiger partial charge in [-0.1, -0.05) is 23.2 Å². The number of ether oxygens (including phenoxy) is 2. The smallest absolute Gasteiger partial charge is 0.410 e. The SMILES string of the molecule is CCOC(=O)N1CCc2c(oc3c(OC)ccc(C(=O)Nc4c(Cl)cncc4Cl)c23)C1. The summed E-state index contributed by atoms with van der Waals surface area (Å²) in [5.41, 5.74) is 1.96. The van der Waals surface area contributed by atoms with E-state index >= 15 is 0 Å². The molecule has 162 valence electrons. The van der Waals surface area contributed by atoms with Gasteiger partial charge in [-0.05, 0) is 25.5 Å². The number of furan rings is 1. The first kappa shape index (κ1) is 21.3. The van der Waals surface area contributed by atoms with Crippen molar-refractivity contribution in [3.05, 3.63) is 51.5 Å². The first-order valence-corrected chi connectivity index (χ1v) is 10.3. The number of hydrogen-bond donors (Lipinski definition) is 1. The van der Waals surface area contributed by atoms with Gasteiger partial charge in [-0.25, -0.2) is 4.79 Å². The fourth-order valence-corrected chi connectivity index (χ4v) is 4.07. The second kappa shape index (κ2) is 8.64. The van der Waals surface area contributed by atoms with Crippen molar-refractivity contribution in [2.24, 2.45) is 0 Å². The Labute approximate surface area is 188 Å². The van der Waals surface area contributed by atoms with Crippen molar-refractivity contribution < 1.29 is 23.5 Å². The van der Waals surface area contributed by atoms with Gasteiger partial charge in [-0.3, -0.25) is 9.78 Å². The van der Waals surface area contributed by atoms with E-state index in [2.05, 4.69) is 10.3 Å². The molecule has 3 aromatic rings. The van der Waals surface area contributed by atoms with Gasteiger partial charge in [-0.15, -0.1) is 0 Å². The number of benzene rings is 1. The minimum Gasteiger partial charge on any atom is -0.493 e. The molecule has 0 saturated carbocycles. The number of pyridine rings is 1. The van der Waals surface area contributed by atoms with Crippen LogP contribution in [0.1, 0.15) is 28.6 Å². The van der Waals surface area contributed by atoms with E-state index in [0.717, 1.165) is 5.56 Å². The molecular formula is C21H19Cl2N3O5. The lowest BCUT2D eigenvalue weighted by atomic mass is 9.99. The van der Waals surface area contributed by atoms with Crippen LogP contribution < -0.4 is 10.1 Å². The number of methoxy groups -OCH3 is 1. The van der Waals surface area contributed by atoms with Crippen molar-refractivity contribution in [3.63, 3.8) is 0 Å². The summed E-state index contributed by atoms with van der Waals surface area (Å²) in [5, 5.41) is 3.84. The summed E-state index contributed by atoms with van der Waals surface area (Å²) in [6, 6.07) is 3.32. The standard InChI is InChI=1S/C21H19Cl2N3O5/c1-3-30-21(28)26-7-6-11-16(10-26)31-19-15(29-2)5-4-12(17(11)19)20(27)25-18-13(22)8-24-9-14(18)23/h4-5,8-9H,3,6-7,10H2,1-2H3,(H,24,25,27). The summed E-state index contributed by atoms with van der Waals surface area (Å²) in [6.45, 7) is 2.74. The lowest BCUT2D eigenvalue weighted by Gasteiger charge is -2.25. The molecule has 2 amide bonds. The number of aromatic nitrogens is 1. The molecule has 0 aliphatic carbocycles. The molecule has 0 spiro atoms. The van der Waals surface area contributed by atoms with Gasteiger partial charge >= 0.3 is 6.09 Å². The third kappa shape index (κ3) is 3.88. The van der Waals surface area contributed by atoms with Crippen molar-refractivity contribution in [1.29, 1.82) is 0 Å². The zero-order valence-electron chi connectivity index (χ0n) is 16.8. The summed E-state index contributed by atoms with van der Waals surface area (Å²) in [7, 11) is 1.53. The summed E-state index contributed by atoms with van der Waals surface area (Å²) in [6.07, 6.45) is 2.90. The third-order valence-electron chi connectivity index (χ3n) is 5.03. The second-order valence-corrected chi connectivity index (χ2v) is 7.64. The second-order valence-electron chi connectivity index (χ2n) is 6.83. The van der Waals surface area contributed by atoms with E-state index in [9.17, 15) is 9.59 Å².